The Kier molecular flexibility index (Phi) is 4.31. The summed E-state index contributed by atoms with van der Waals surface area (Å²) in [7, 11) is 1.65. The Labute approximate surface area is 83.9 Å². The second-order valence-electron chi connectivity index (χ2n) is 3.38. The molecule has 0 radical (unpaired) electrons. The molecule has 3 N–H and O–H groups in total. The minimum Gasteiger partial charge on any atom is -0.377 e. The van der Waals surface area contributed by atoms with Gasteiger partial charge in [0.05, 0.1) is 18.8 Å². The molecule has 0 aliphatic heterocycles. The van der Waals surface area contributed by atoms with Gasteiger partial charge in [0, 0.05) is 19.8 Å². The molecule has 3 atom stereocenters. The number of primary amides is 1. The maximum Gasteiger partial charge on any atom is 0.231 e. The fourth-order valence-electron chi connectivity index (χ4n) is 1.71. The molecule has 14 heavy (non-hydrogen) atoms. The van der Waals surface area contributed by atoms with E-state index in [4.69, 9.17) is 15.2 Å². The number of nitrogens with one attached hydrogen (secondary N) is 1. The maximum atomic E-state index is 10.5. The van der Waals surface area contributed by atoms with E-state index in [0.29, 0.717) is 6.61 Å². The fraction of sp³-hybridized carbons (Fsp3) is 0.889. The van der Waals surface area contributed by atoms with Gasteiger partial charge < -0.3 is 20.5 Å². The van der Waals surface area contributed by atoms with Crippen molar-refractivity contribution in [1.82, 2.24) is 5.32 Å². The molecule has 0 bridgehead atoms. The molecule has 0 aromatic carbocycles. The quantitative estimate of drug-likeness (QED) is 0.594. The lowest BCUT2D eigenvalue weighted by Gasteiger charge is -2.43. The van der Waals surface area contributed by atoms with Gasteiger partial charge in [0.2, 0.25) is 5.91 Å². The molecule has 1 saturated carbocycles. The first-order valence-corrected chi connectivity index (χ1v) is 4.85. The summed E-state index contributed by atoms with van der Waals surface area (Å²) in [6, 6.07) is 0.184. The average Bonchev–Trinajstić information content (AvgIpc) is 2.10. The first-order valence-electron chi connectivity index (χ1n) is 4.85. The summed E-state index contributed by atoms with van der Waals surface area (Å²) < 4.78 is 10.7. The lowest BCUT2D eigenvalue weighted by molar-refractivity contribution is -0.134. The predicted molar refractivity (Wildman–Crippen MR) is 51.8 cm³/mol. The number of hydrogen-bond acceptors (Lipinski definition) is 4. The Bertz CT molecular complexity index is 198. The third-order valence-electron chi connectivity index (χ3n) is 2.44. The van der Waals surface area contributed by atoms with Crippen LogP contribution in [0.1, 0.15) is 13.3 Å². The molecule has 0 aromatic rings. The molecule has 1 fully saturated rings. The largest absolute Gasteiger partial charge is 0.377 e. The predicted octanol–water partition coefficient (Wildman–Crippen LogP) is -0.746. The number of methoxy groups -OCH3 is 1. The van der Waals surface area contributed by atoms with Gasteiger partial charge in [-0.25, -0.2) is 0 Å². The highest BCUT2D eigenvalue weighted by Crippen LogP contribution is 2.26. The summed E-state index contributed by atoms with van der Waals surface area (Å²) in [5.41, 5.74) is 5.03. The van der Waals surface area contributed by atoms with Gasteiger partial charge in [0.15, 0.2) is 0 Å². The first kappa shape index (κ1) is 11.4. The molecule has 1 amide bonds. The van der Waals surface area contributed by atoms with E-state index < -0.39 is 0 Å². The SMILES string of the molecule is CCOC1CC(NCC(N)=O)C1OC. The highest BCUT2D eigenvalue weighted by molar-refractivity contribution is 5.75. The van der Waals surface area contributed by atoms with Crippen LogP contribution in [0.25, 0.3) is 0 Å². The van der Waals surface area contributed by atoms with E-state index in [1.807, 2.05) is 6.92 Å². The molecule has 1 aliphatic carbocycles. The van der Waals surface area contributed by atoms with Crippen molar-refractivity contribution in [2.75, 3.05) is 20.3 Å². The standard InChI is InChI=1S/C9H18N2O3/c1-3-14-7-4-6(9(7)13-2)11-5-8(10)12/h6-7,9,11H,3-5H2,1-2H3,(H2,10,12). The van der Waals surface area contributed by atoms with E-state index in [9.17, 15) is 4.79 Å². The van der Waals surface area contributed by atoms with E-state index in [0.717, 1.165) is 6.42 Å². The number of rotatable bonds is 6. The number of carbonyl (C=O) groups excluding carboxylic acids is 1. The zero-order valence-electron chi connectivity index (χ0n) is 8.66. The van der Waals surface area contributed by atoms with Crippen LogP contribution in [0.15, 0.2) is 0 Å². The van der Waals surface area contributed by atoms with Crippen molar-refractivity contribution >= 4 is 5.91 Å². The van der Waals surface area contributed by atoms with E-state index in [1.165, 1.54) is 0 Å². The van der Waals surface area contributed by atoms with Gasteiger partial charge in [0.25, 0.3) is 0 Å². The lowest BCUT2D eigenvalue weighted by Crippen LogP contribution is -2.60. The summed E-state index contributed by atoms with van der Waals surface area (Å²) in [6.45, 7) is 2.84. The van der Waals surface area contributed by atoms with Crippen LogP contribution >= 0.6 is 0 Å². The van der Waals surface area contributed by atoms with Crippen LogP contribution < -0.4 is 11.1 Å². The molecule has 5 nitrogen and oxygen atoms in total. The number of amides is 1. The highest BCUT2D eigenvalue weighted by Gasteiger charge is 2.41. The Morgan fingerprint density at radius 2 is 2.36 bits per heavy atom. The van der Waals surface area contributed by atoms with E-state index in [2.05, 4.69) is 5.32 Å². The van der Waals surface area contributed by atoms with Crippen molar-refractivity contribution in [1.29, 1.82) is 0 Å². The van der Waals surface area contributed by atoms with Crippen molar-refractivity contribution < 1.29 is 14.3 Å². The summed E-state index contributed by atoms with van der Waals surface area (Å²) in [5, 5.41) is 3.03. The third kappa shape index (κ3) is 2.67. The Balaban J connectivity index is 2.25. The number of nitrogens with two attached hydrogens (primary N) is 1. The van der Waals surface area contributed by atoms with Gasteiger partial charge in [-0.2, -0.15) is 0 Å². The zero-order valence-corrected chi connectivity index (χ0v) is 8.66. The van der Waals surface area contributed by atoms with Gasteiger partial charge >= 0.3 is 0 Å². The average molecular weight is 202 g/mol. The summed E-state index contributed by atoms with van der Waals surface area (Å²) >= 11 is 0. The molecular weight excluding hydrogens is 184 g/mol. The zero-order chi connectivity index (χ0) is 10.6. The van der Waals surface area contributed by atoms with E-state index in [1.54, 1.807) is 7.11 Å². The van der Waals surface area contributed by atoms with E-state index >= 15 is 0 Å². The molecule has 1 aliphatic rings. The molecule has 0 saturated heterocycles. The summed E-state index contributed by atoms with van der Waals surface area (Å²) in [6.07, 6.45) is 1.06. The third-order valence-corrected chi connectivity index (χ3v) is 2.44. The van der Waals surface area contributed by atoms with Crippen LogP contribution in [0.3, 0.4) is 0 Å². The number of hydrogen-bond donors (Lipinski definition) is 2. The van der Waals surface area contributed by atoms with Crippen molar-refractivity contribution in [3.63, 3.8) is 0 Å². The molecule has 5 heteroatoms. The van der Waals surface area contributed by atoms with Crippen LogP contribution in [-0.4, -0.2) is 44.4 Å². The van der Waals surface area contributed by atoms with Gasteiger partial charge in [-0.15, -0.1) is 0 Å². The Morgan fingerprint density at radius 3 is 2.86 bits per heavy atom. The second-order valence-corrected chi connectivity index (χ2v) is 3.38. The second kappa shape index (κ2) is 5.29. The normalized spacial score (nSPS) is 31.1. The van der Waals surface area contributed by atoms with E-state index in [-0.39, 0.29) is 30.7 Å². The van der Waals surface area contributed by atoms with Gasteiger partial charge in [-0.05, 0) is 13.3 Å². The first-order chi connectivity index (χ1) is 6.69. The van der Waals surface area contributed by atoms with Crippen LogP contribution in [0.2, 0.25) is 0 Å². The smallest absolute Gasteiger partial charge is 0.231 e. The Morgan fingerprint density at radius 1 is 1.64 bits per heavy atom. The van der Waals surface area contributed by atoms with Crippen molar-refractivity contribution in [2.24, 2.45) is 5.73 Å². The Hall–Kier alpha value is -0.650. The van der Waals surface area contributed by atoms with Crippen LogP contribution in [0, 0.1) is 0 Å². The molecule has 0 aromatic heterocycles. The number of carbonyl (C=O) groups is 1. The number of ether oxygens (including phenoxy) is 2. The monoisotopic (exact) mass is 202 g/mol. The summed E-state index contributed by atoms with van der Waals surface area (Å²) in [4.78, 5) is 10.5. The van der Waals surface area contributed by atoms with Crippen molar-refractivity contribution in [3.05, 3.63) is 0 Å². The van der Waals surface area contributed by atoms with Gasteiger partial charge in [-0.1, -0.05) is 0 Å². The highest BCUT2D eigenvalue weighted by atomic mass is 16.5. The molecule has 0 spiro atoms. The van der Waals surface area contributed by atoms with Crippen LogP contribution in [0.5, 0.6) is 0 Å². The summed E-state index contributed by atoms with van der Waals surface area (Å²) in [5.74, 6) is -0.347. The van der Waals surface area contributed by atoms with Crippen molar-refractivity contribution in [3.8, 4) is 0 Å². The molecule has 82 valence electrons. The fourth-order valence-corrected chi connectivity index (χ4v) is 1.71. The lowest BCUT2D eigenvalue weighted by atomic mass is 9.85. The van der Waals surface area contributed by atoms with Gasteiger partial charge in [-0.3, -0.25) is 4.79 Å². The molecular formula is C9H18N2O3. The van der Waals surface area contributed by atoms with Gasteiger partial charge in [0.1, 0.15) is 0 Å². The van der Waals surface area contributed by atoms with Crippen molar-refractivity contribution in [2.45, 2.75) is 31.6 Å². The topological polar surface area (TPSA) is 73.6 Å². The minimum absolute atomic E-state index is 0.0364. The molecule has 1 rings (SSSR count). The maximum absolute atomic E-state index is 10.5. The van der Waals surface area contributed by atoms with Crippen LogP contribution in [0.4, 0.5) is 0 Å². The minimum atomic E-state index is -0.347. The van der Waals surface area contributed by atoms with Crippen LogP contribution in [-0.2, 0) is 14.3 Å². The molecule has 0 heterocycles. The molecule has 3 unspecified atom stereocenters.